The molecule has 0 saturated heterocycles. The fraction of sp³-hybridized carbons (Fsp3) is 0.538. The minimum atomic E-state index is -1.08. The number of carbonyl (C=O) groups is 2. The summed E-state index contributed by atoms with van der Waals surface area (Å²) in [6.07, 6.45) is 6.48. The highest BCUT2D eigenvalue weighted by Crippen LogP contribution is 2.34. The monoisotopic (exact) mass is 263 g/mol. The molecule has 0 spiro atoms. The average Bonchev–Trinajstić information content (AvgIpc) is 2.47. The van der Waals surface area contributed by atoms with Crippen LogP contribution in [0.25, 0.3) is 0 Å². The number of amides is 1. The van der Waals surface area contributed by atoms with Crippen molar-refractivity contribution in [2.45, 2.75) is 37.6 Å². The molecular formula is C13H17N3O3. The number of hydrogen-bond acceptors (Lipinski definition) is 4. The average molecular weight is 263 g/mol. The smallest absolute Gasteiger partial charge is 0.329 e. The van der Waals surface area contributed by atoms with E-state index in [1.54, 1.807) is 13.1 Å². The van der Waals surface area contributed by atoms with Crippen LogP contribution in [0.3, 0.4) is 0 Å². The van der Waals surface area contributed by atoms with Gasteiger partial charge in [-0.15, -0.1) is 0 Å². The van der Waals surface area contributed by atoms with Crippen molar-refractivity contribution in [1.82, 2.24) is 15.1 Å². The molecule has 1 saturated carbocycles. The van der Waals surface area contributed by atoms with Gasteiger partial charge in [0.25, 0.3) is 5.91 Å². The summed E-state index contributed by atoms with van der Waals surface area (Å²) in [4.78, 5) is 25.3. The third-order valence-electron chi connectivity index (χ3n) is 3.86. The second-order valence-corrected chi connectivity index (χ2v) is 4.89. The number of aromatic nitrogens is 2. The Morgan fingerprint density at radius 3 is 2.47 bits per heavy atom. The standard InChI is InChI=1S/C13H17N3O3/c1-16(11(17)10-5-8-14-15-9-10)13(12(18)19)6-3-2-4-7-13/h5,8-9H,2-4,6-7H2,1H3,(H,18,19). The van der Waals surface area contributed by atoms with E-state index in [0.29, 0.717) is 18.4 Å². The number of carbonyl (C=O) groups excluding carboxylic acids is 1. The van der Waals surface area contributed by atoms with Gasteiger partial charge in [0.05, 0.1) is 18.0 Å². The van der Waals surface area contributed by atoms with Gasteiger partial charge in [0.2, 0.25) is 0 Å². The molecule has 2 rings (SSSR count). The van der Waals surface area contributed by atoms with Gasteiger partial charge in [-0.1, -0.05) is 19.3 Å². The van der Waals surface area contributed by atoms with Gasteiger partial charge in [-0.3, -0.25) is 4.79 Å². The molecule has 1 aromatic rings. The fourth-order valence-electron chi connectivity index (χ4n) is 2.63. The Morgan fingerprint density at radius 2 is 1.95 bits per heavy atom. The van der Waals surface area contributed by atoms with E-state index in [1.807, 2.05) is 0 Å². The lowest BCUT2D eigenvalue weighted by Crippen LogP contribution is -2.56. The van der Waals surface area contributed by atoms with Crippen LogP contribution >= 0.6 is 0 Å². The zero-order valence-electron chi connectivity index (χ0n) is 10.9. The third-order valence-corrected chi connectivity index (χ3v) is 3.86. The SMILES string of the molecule is CN(C(=O)c1ccnnc1)C1(C(=O)O)CCCCC1. The Labute approximate surface area is 111 Å². The molecule has 6 heteroatoms. The largest absolute Gasteiger partial charge is 0.479 e. The molecule has 1 N–H and O–H groups in total. The second-order valence-electron chi connectivity index (χ2n) is 4.89. The van der Waals surface area contributed by atoms with Crippen LogP contribution in [0.2, 0.25) is 0 Å². The first-order chi connectivity index (χ1) is 9.08. The molecule has 6 nitrogen and oxygen atoms in total. The summed E-state index contributed by atoms with van der Waals surface area (Å²) in [5.74, 6) is -1.25. The van der Waals surface area contributed by atoms with Gasteiger partial charge in [0, 0.05) is 7.05 Å². The van der Waals surface area contributed by atoms with Gasteiger partial charge in [-0.2, -0.15) is 10.2 Å². The normalized spacial score (nSPS) is 17.7. The Kier molecular flexibility index (Phi) is 3.78. The number of hydrogen-bond donors (Lipinski definition) is 1. The van der Waals surface area contributed by atoms with Crippen LogP contribution in [0.4, 0.5) is 0 Å². The number of rotatable bonds is 3. The summed E-state index contributed by atoms with van der Waals surface area (Å²) in [5, 5.41) is 16.8. The lowest BCUT2D eigenvalue weighted by Gasteiger charge is -2.40. The Balaban J connectivity index is 2.27. The van der Waals surface area contributed by atoms with Gasteiger partial charge < -0.3 is 10.0 Å². The molecule has 0 unspecified atom stereocenters. The first kappa shape index (κ1) is 13.5. The summed E-state index contributed by atoms with van der Waals surface area (Å²) >= 11 is 0. The number of likely N-dealkylation sites (N-methyl/N-ethyl adjacent to an activating group) is 1. The Bertz CT molecular complexity index is 469. The molecule has 19 heavy (non-hydrogen) atoms. The first-order valence-corrected chi connectivity index (χ1v) is 6.36. The van der Waals surface area contributed by atoms with Crippen LogP contribution in [-0.2, 0) is 4.79 Å². The molecule has 1 amide bonds. The molecule has 1 aliphatic rings. The second kappa shape index (κ2) is 5.34. The van der Waals surface area contributed by atoms with Crippen molar-refractivity contribution < 1.29 is 14.7 Å². The highest BCUT2D eigenvalue weighted by atomic mass is 16.4. The molecule has 0 aromatic carbocycles. The van der Waals surface area contributed by atoms with E-state index in [-0.39, 0.29) is 5.91 Å². The van der Waals surface area contributed by atoms with Gasteiger partial charge in [-0.25, -0.2) is 4.79 Å². The minimum Gasteiger partial charge on any atom is -0.479 e. The van der Waals surface area contributed by atoms with Crippen LogP contribution in [0.5, 0.6) is 0 Å². The molecule has 1 fully saturated rings. The van der Waals surface area contributed by atoms with Gasteiger partial charge in [-0.05, 0) is 18.9 Å². The van der Waals surface area contributed by atoms with E-state index < -0.39 is 11.5 Å². The van der Waals surface area contributed by atoms with Gasteiger partial charge >= 0.3 is 5.97 Å². The molecule has 0 bridgehead atoms. The van der Waals surface area contributed by atoms with Gasteiger partial charge in [0.1, 0.15) is 5.54 Å². The summed E-state index contributed by atoms with van der Waals surface area (Å²) in [6.45, 7) is 0. The van der Waals surface area contributed by atoms with Crippen LogP contribution in [0.1, 0.15) is 42.5 Å². The highest BCUT2D eigenvalue weighted by molar-refractivity contribution is 5.97. The lowest BCUT2D eigenvalue weighted by atomic mass is 9.80. The number of carboxylic acids is 1. The van der Waals surface area contributed by atoms with Crippen LogP contribution in [0, 0.1) is 0 Å². The van der Waals surface area contributed by atoms with Crippen molar-refractivity contribution in [1.29, 1.82) is 0 Å². The first-order valence-electron chi connectivity index (χ1n) is 6.36. The molecule has 0 radical (unpaired) electrons. The van der Waals surface area contributed by atoms with E-state index >= 15 is 0 Å². The molecule has 1 aromatic heterocycles. The Hall–Kier alpha value is -1.98. The quantitative estimate of drug-likeness (QED) is 0.889. The van der Waals surface area contributed by atoms with Crippen LogP contribution in [-0.4, -0.2) is 44.7 Å². The molecule has 102 valence electrons. The van der Waals surface area contributed by atoms with E-state index in [9.17, 15) is 14.7 Å². The predicted octanol–water partition coefficient (Wildman–Crippen LogP) is 1.34. The minimum absolute atomic E-state index is 0.320. The van der Waals surface area contributed by atoms with Crippen molar-refractivity contribution in [3.63, 3.8) is 0 Å². The number of carboxylic acid groups (broad SMARTS) is 1. The van der Waals surface area contributed by atoms with E-state index in [0.717, 1.165) is 19.3 Å². The van der Waals surface area contributed by atoms with Crippen molar-refractivity contribution in [2.24, 2.45) is 0 Å². The van der Waals surface area contributed by atoms with Crippen LogP contribution < -0.4 is 0 Å². The topological polar surface area (TPSA) is 83.4 Å². The molecular weight excluding hydrogens is 246 g/mol. The van der Waals surface area contributed by atoms with E-state index in [1.165, 1.54) is 17.3 Å². The molecule has 1 aliphatic carbocycles. The summed E-state index contributed by atoms with van der Waals surface area (Å²) in [7, 11) is 1.56. The van der Waals surface area contributed by atoms with E-state index in [2.05, 4.69) is 10.2 Å². The molecule has 0 atom stereocenters. The maximum Gasteiger partial charge on any atom is 0.329 e. The molecule has 1 heterocycles. The zero-order chi connectivity index (χ0) is 13.9. The van der Waals surface area contributed by atoms with Crippen molar-refractivity contribution in [3.05, 3.63) is 24.0 Å². The highest BCUT2D eigenvalue weighted by Gasteiger charge is 2.45. The fourth-order valence-corrected chi connectivity index (χ4v) is 2.63. The zero-order valence-corrected chi connectivity index (χ0v) is 10.9. The number of nitrogens with zero attached hydrogens (tertiary/aromatic N) is 3. The van der Waals surface area contributed by atoms with Crippen molar-refractivity contribution in [2.75, 3.05) is 7.05 Å². The molecule has 0 aliphatic heterocycles. The maximum absolute atomic E-state index is 12.3. The maximum atomic E-state index is 12.3. The van der Waals surface area contributed by atoms with Crippen molar-refractivity contribution in [3.8, 4) is 0 Å². The summed E-state index contributed by atoms with van der Waals surface area (Å²) < 4.78 is 0. The van der Waals surface area contributed by atoms with Crippen molar-refractivity contribution >= 4 is 11.9 Å². The van der Waals surface area contributed by atoms with Gasteiger partial charge in [0.15, 0.2) is 0 Å². The predicted molar refractivity (Wildman–Crippen MR) is 67.6 cm³/mol. The van der Waals surface area contributed by atoms with Crippen LogP contribution in [0.15, 0.2) is 18.5 Å². The third kappa shape index (κ3) is 2.43. The summed E-state index contributed by atoms with van der Waals surface area (Å²) in [6, 6.07) is 1.55. The summed E-state index contributed by atoms with van der Waals surface area (Å²) in [5.41, 5.74) is -0.720. The Morgan fingerprint density at radius 1 is 1.26 bits per heavy atom. The number of aliphatic carboxylic acids is 1. The lowest BCUT2D eigenvalue weighted by molar-refractivity contribution is -0.151. The van der Waals surface area contributed by atoms with E-state index in [4.69, 9.17) is 0 Å².